The van der Waals surface area contributed by atoms with E-state index in [-0.39, 0.29) is 18.6 Å². The number of aliphatic carboxylic acids is 1. The van der Waals surface area contributed by atoms with Gasteiger partial charge in [0.1, 0.15) is 5.00 Å². The average molecular weight is 492 g/mol. The summed E-state index contributed by atoms with van der Waals surface area (Å²) in [5.74, 6) is -3.34. The number of carboxylic acid groups (broad SMARTS) is 1. The molecule has 0 spiro atoms. The maximum absolute atomic E-state index is 13.3. The molecule has 34 heavy (non-hydrogen) atoms. The van der Waals surface area contributed by atoms with Gasteiger partial charge >= 0.3 is 11.9 Å². The number of hydrogen-bond acceptors (Lipinski definition) is 6. The number of fused-ring (bicyclic) bond motifs is 3. The van der Waals surface area contributed by atoms with Gasteiger partial charge in [0.15, 0.2) is 0 Å². The van der Waals surface area contributed by atoms with E-state index in [4.69, 9.17) is 9.47 Å². The topological polar surface area (TPSA) is 102 Å². The summed E-state index contributed by atoms with van der Waals surface area (Å²) in [4.78, 5) is 39.4. The number of aryl methyl sites for hydroxylation is 1. The Morgan fingerprint density at radius 1 is 0.941 bits per heavy atom. The normalized spacial score (nSPS) is 27.7. The van der Waals surface area contributed by atoms with Crippen LogP contribution in [-0.4, -0.2) is 41.8 Å². The quantitative estimate of drug-likeness (QED) is 0.538. The molecule has 188 valence electrons. The highest BCUT2D eigenvalue weighted by Gasteiger charge is 2.55. The highest BCUT2D eigenvalue weighted by molar-refractivity contribution is 7.17. The fourth-order valence-electron chi connectivity index (χ4n) is 5.83. The molecule has 7 nitrogen and oxygen atoms in total. The number of carbonyl (C=O) groups is 3. The third-order valence-electron chi connectivity index (χ3n) is 7.50. The molecule has 4 rings (SSSR count). The Labute approximate surface area is 205 Å². The molecular formula is C26H37NO6S. The molecule has 2 fully saturated rings. The van der Waals surface area contributed by atoms with Crippen molar-refractivity contribution in [1.82, 2.24) is 0 Å². The molecule has 0 aromatic carbocycles. The summed E-state index contributed by atoms with van der Waals surface area (Å²) in [5, 5.41) is 13.2. The number of carboxylic acids is 1. The van der Waals surface area contributed by atoms with Crippen LogP contribution in [0.15, 0.2) is 0 Å². The van der Waals surface area contributed by atoms with Gasteiger partial charge in [0, 0.05) is 4.88 Å². The minimum Gasteiger partial charge on any atom is -0.481 e. The van der Waals surface area contributed by atoms with Crippen molar-refractivity contribution in [2.45, 2.75) is 103 Å². The Hall–Kier alpha value is -1.93. The fraction of sp³-hybridized carbons (Fsp3) is 0.731. The van der Waals surface area contributed by atoms with Crippen LogP contribution < -0.4 is 5.32 Å². The zero-order valence-corrected chi connectivity index (χ0v) is 20.9. The van der Waals surface area contributed by atoms with Crippen molar-refractivity contribution in [2.75, 3.05) is 11.9 Å². The van der Waals surface area contributed by atoms with Gasteiger partial charge in [-0.1, -0.05) is 44.9 Å². The van der Waals surface area contributed by atoms with Crippen LogP contribution in [0.25, 0.3) is 0 Å². The standard InChI is InChI=1S/C26H37NO6S/c1-2-32-26(31)20-16-12-10-8-6-4-3-5-7-9-11-13-19(16)34-24(20)27-23(28)21-17-14-15-18(33-17)22(21)25(29)30/h17-18,21-22H,2-15H2,1H3,(H,27,28)(H,29,30). The summed E-state index contributed by atoms with van der Waals surface area (Å²) in [6.45, 7) is 2.04. The van der Waals surface area contributed by atoms with Crippen molar-refractivity contribution >= 4 is 34.2 Å². The molecule has 1 aromatic rings. The Morgan fingerprint density at radius 2 is 1.53 bits per heavy atom. The predicted molar refractivity (Wildman–Crippen MR) is 130 cm³/mol. The van der Waals surface area contributed by atoms with E-state index in [1.807, 2.05) is 0 Å². The highest BCUT2D eigenvalue weighted by Crippen LogP contribution is 2.45. The predicted octanol–water partition coefficient (Wildman–Crippen LogP) is 5.35. The number of esters is 1. The van der Waals surface area contributed by atoms with E-state index in [0.717, 1.165) is 49.0 Å². The molecule has 2 N–H and O–H groups in total. The van der Waals surface area contributed by atoms with Gasteiger partial charge in [-0.15, -0.1) is 11.3 Å². The van der Waals surface area contributed by atoms with Crippen LogP contribution in [0.2, 0.25) is 0 Å². The molecule has 1 amide bonds. The number of carbonyl (C=O) groups excluding carboxylic acids is 2. The summed E-state index contributed by atoms with van der Waals surface area (Å²) >= 11 is 1.47. The number of rotatable bonds is 5. The first-order chi connectivity index (χ1) is 16.5. The first-order valence-corrected chi connectivity index (χ1v) is 13.8. The number of anilines is 1. The molecule has 1 aromatic heterocycles. The molecule has 8 heteroatoms. The third kappa shape index (κ3) is 5.48. The molecule has 2 saturated heterocycles. The molecule has 0 saturated carbocycles. The maximum Gasteiger partial charge on any atom is 0.341 e. The number of amides is 1. The summed E-state index contributed by atoms with van der Waals surface area (Å²) in [5.41, 5.74) is 1.48. The lowest BCUT2D eigenvalue weighted by molar-refractivity contribution is -0.147. The smallest absolute Gasteiger partial charge is 0.341 e. The minimum absolute atomic E-state index is 0.262. The van der Waals surface area contributed by atoms with E-state index < -0.39 is 29.9 Å². The van der Waals surface area contributed by atoms with Gasteiger partial charge in [-0.05, 0) is 51.0 Å². The molecule has 1 aliphatic carbocycles. The van der Waals surface area contributed by atoms with E-state index >= 15 is 0 Å². The number of thiophene rings is 1. The van der Waals surface area contributed by atoms with Crippen molar-refractivity contribution in [2.24, 2.45) is 11.8 Å². The van der Waals surface area contributed by atoms with Gasteiger partial charge in [0.2, 0.25) is 5.91 Å². The summed E-state index contributed by atoms with van der Waals surface area (Å²) in [7, 11) is 0. The van der Waals surface area contributed by atoms with Crippen LogP contribution in [0.5, 0.6) is 0 Å². The van der Waals surface area contributed by atoms with Crippen molar-refractivity contribution in [3.63, 3.8) is 0 Å². The first-order valence-electron chi connectivity index (χ1n) is 13.0. The Morgan fingerprint density at radius 3 is 2.15 bits per heavy atom. The largest absolute Gasteiger partial charge is 0.481 e. The van der Waals surface area contributed by atoms with Crippen LogP contribution in [-0.2, 0) is 31.9 Å². The second-order valence-corrected chi connectivity index (χ2v) is 10.9. The zero-order chi connectivity index (χ0) is 24.1. The van der Waals surface area contributed by atoms with Gasteiger partial charge in [-0.25, -0.2) is 4.79 Å². The van der Waals surface area contributed by atoms with Gasteiger partial charge in [-0.2, -0.15) is 0 Å². The van der Waals surface area contributed by atoms with Crippen molar-refractivity contribution in [1.29, 1.82) is 0 Å². The van der Waals surface area contributed by atoms with Crippen LogP contribution in [0.1, 0.15) is 98.4 Å². The van der Waals surface area contributed by atoms with E-state index in [0.29, 0.717) is 23.4 Å². The van der Waals surface area contributed by atoms with E-state index in [1.54, 1.807) is 6.92 Å². The lowest BCUT2D eigenvalue weighted by Gasteiger charge is -2.23. The van der Waals surface area contributed by atoms with E-state index in [9.17, 15) is 19.5 Å². The third-order valence-corrected chi connectivity index (χ3v) is 8.71. The minimum atomic E-state index is -0.994. The Bertz CT molecular complexity index is 896. The van der Waals surface area contributed by atoms with E-state index in [1.165, 1.54) is 43.4 Å². The van der Waals surface area contributed by atoms with Crippen LogP contribution in [0.4, 0.5) is 5.00 Å². The lowest BCUT2D eigenvalue weighted by Crippen LogP contribution is -2.41. The number of nitrogens with one attached hydrogen (secondary N) is 1. The van der Waals surface area contributed by atoms with Gasteiger partial charge in [-0.3, -0.25) is 9.59 Å². The van der Waals surface area contributed by atoms with Gasteiger partial charge < -0.3 is 19.9 Å². The van der Waals surface area contributed by atoms with Crippen LogP contribution in [0, 0.1) is 11.8 Å². The Balaban J connectivity index is 1.61. The molecule has 0 radical (unpaired) electrons. The monoisotopic (exact) mass is 491 g/mol. The molecular weight excluding hydrogens is 454 g/mol. The van der Waals surface area contributed by atoms with Crippen molar-refractivity contribution < 1.29 is 29.0 Å². The molecule has 2 aliphatic heterocycles. The Kier molecular flexibility index (Phi) is 8.64. The first kappa shape index (κ1) is 25.2. The fourth-order valence-corrected chi connectivity index (χ4v) is 7.11. The zero-order valence-electron chi connectivity index (χ0n) is 20.1. The molecule has 3 aliphatic rings. The maximum atomic E-state index is 13.3. The number of hydrogen-bond donors (Lipinski definition) is 2. The lowest BCUT2D eigenvalue weighted by atomic mass is 9.78. The second kappa shape index (κ2) is 11.7. The highest BCUT2D eigenvalue weighted by atomic mass is 32.1. The van der Waals surface area contributed by atoms with Crippen molar-refractivity contribution in [3.05, 3.63) is 16.0 Å². The van der Waals surface area contributed by atoms with Gasteiger partial charge in [0.05, 0.1) is 36.2 Å². The summed E-state index contributed by atoms with van der Waals surface area (Å²) < 4.78 is 11.2. The average Bonchev–Trinajstić information content (AvgIpc) is 3.50. The van der Waals surface area contributed by atoms with Crippen LogP contribution in [0.3, 0.4) is 0 Å². The molecule has 3 heterocycles. The molecule has 2 bridgehead atoms. The summed E-state index contributed by atoms with van der Waals surface area (Å²) in [6.07, 6.45) is 12.9. The SMILES string of the molecule is CCOC(=O)c1c(NC(=O)C2C3CCC(O3)C2C(=O)O)sc2c1CCCCCCCCCCC2. The van der Waals surface area contributed by atoms with E-state index in [2.05, 4.69) is 5.32 Å². The summed E-state index contributed by atoms with van der Waals surface area (Å²) in [6, 6.07) is 0. The van der Waals surface area contributed by atoms with Crippen LogP contribution >= 0.6 is 11.3 Å². The van der Waals surface area contributed by atoms with Crippen molar-refractivity contribution in [3.8, 4) is 0 Å². The molecule has 4 atom stereocenters. The molecule has 4 unspecified atom stereocenters. The van der Waals surface area contributed by atoms with Gasteiger partial charge in [0.25, 0.3) is 0 Å². The number of ether oxygens (including phenoxy) is 2. The second-order valence-electron chi connectivity index (χ2n) is 9.78.